The van der Waals surface area contributed by atoms with Crippen molar-refractivity contribution in [2.45, 2.75) is 45.2 Å². The molecule has 0 spiro atoms. The molecule has 2 atom stereocenters. The van der Waals surface area contributed by atoms with Gasteiger partial charge >= 0.3 is 5.97 Å². The van der Waals surface area contributed by atoms with Crippen LogP contribution in [-0.2, 0) is 4.79 Å². The van der Waals surface area contributed by atoms with E-state index >= 15 is 0 Å². The molecule has 0 aromatic carbocycles. The molecule has 0 aliphatic carbocycles. The predicted molar refractivity (Wildman–Crippen MR) is 59.4 cm³/mol. The molecule has 0 saturated carbocycles. The first-order valence-electron chi connectivity index (χ1n) is 5.52. The van der Waals surface area contributed by atoms with Gasteiger partial charge in [0.15, 0.2) is 0 Å². The SMILES string of the molecule is CC1CCCC(C)N1NC/C=C/C(=O)O. The maximum atomic E-state index is 10.3. The quantitative estimate of drug-likeness (QED) is 0.692. The van der Waals surface area contributed by atoms with E-state index in [1.54, 1.807) is 6.08 Å². The van der Waals surface area contributed by atoms with E-state index in [1.807, 2.05) is 0 Å². The van der Waals surface area contributed by atoms with Gasteiger partial charge in [-0.2, -0.15) is 0 Å². The molecule has 1 saturated heterocycles. The number of carbonyl (C=O) groups is 1. The maximum absolute atomic E-state index is 10.3. The number of nitrogens with one attached hydrogen (secondary N) is 1. The van der Waals surface area contributed by atoms with E-state index in [4.69, 9.17) is 5.11 Å². The minimum atomic E-state index is -0.892. The van der Waals surface area contributed by atoms with Gasteiger partial charge in [-0.15, -0.1) is 0 Å². The normalized spacial score (nSPS) is 28.4. The van der Waals surface area contributed by atoms with Gasteiger partial charge in [-0.1, -0.05) is 12.5 Å². The third-order valence-electron chi connectivity index (χ3n) is 2.85. The zero-order chi connectivity index (χ0) is 11.3. The van der Waals surface area contributed by atoms with Crippen molar-refractivity contribution in [3.8, 4) is 0 Å². The van der Waals surface area contributed by atoms with E-state index < -0.39 is 5.97 Å². The number of aliphatic carboxylic acids is 1. The van der Waals surface area contributed by atoms with Gasteiger partial charge in [0.25, 0.3) is 0 Å². The average molecular weight is 212 g/mol. The number of carboxylic acid groups (broad SMARTS) is 1. The molecule has 0 radical (unpaired) electrons. The Morgan fingerprint density at radius 1 is 1.47 bits per heavy atom. The van der Waals surface area contributed by atoms with Crippen molar-refractivity contribution in [2.75, 3.05) is 6.54 Å². The molecule has 1 fully saturated rings. The van der Waals surface area contributed by atoms with Crippen LogP contribution in [0.4, 0.5) is 0 Å². The van der Waals surface area contributed by atoms with Crippen molar-refractivity contribution in [2.24, 2.45) is 0 Å². The Morgan fingerprint density at radius 2 is 2.07 bits per heavy atom. The molecule has 0 aromatic heterocycles. The van der Waals surface area contributed by atoms with Crippen LogP contribution >= 0.6 is 0 Å². The second kappa shape index (κ2) is 5.88. The molecule has 4 nitrogen and oxygen atoms in total. The summed E-state index contributed by atoms with van der Waals surface area (Å²) in [7, 11) is 0. The summed E-state index contributed by atoms with van der Waals surface area (Å²) >= 11 is 0. The lowest BCUT2D eigenvalue weighted by atomic mass is 10.00. The van der Waals surface area contributed by atoms with Crippen LogP contribution in [0.1, 0.15) is 33.1 Å². The topological polar surface area (TPSA) is 52.6 Å². The molecule has 0 amide bonds. The smallest absolute Gasteiger partial charge is 0.328 e. The van der Waals surface area contributed by atoms with Gasteiger partial charge in [-0.05, 0) is 26.7 Å². The molecular formula is C11H20N2O2. The van der Waals surface area contributed by atoms with Gasteiger partial charge in [0.1, 0.15) is 0 Å². The number of piperidine rings is 1. The number of hydrazine groups is 1. The Hall–Kier alpha value is -0.870. The summed E-state index contributed by atoms with van der Waals surface area (Å²) in [4.78, 5) is 10.3. The third-order valence-corrected chi connectivity index (χ3v) is 2.85. The van der Waals surface area contributed by atoms with Crippen LogP contribution in [0.5, 0.6) is 0 Å². The van der Waals surface area contributed by atoms with Crippen molar-refractivity contribution >= 4 is 5.97 Å². The van der Waals surface area contributed by atoms with Crippen molar-refractivity contribution in [3.05, 3.63) is 12.2 Å². The largest absolute Gasteiger partial charge is 0.478 e. The van der Waals surface area contributed by atoms with Crippen LogP contribution < -0.4 is 5.43 Å². The van der Waals surface area contributed by atoms with E-state index in [2.05, 4.69) is 24.3 Å². The Bertz CT molecular complexity index is 231. The standard InChI is InChI=1S/C11H20N2O2/c1-9-5-3-6-10(2)13(9)12-8-4-7-11(14)15/h4,7,9-10,12H,3,5-6,8H2,1-2H3,(H,14,15)/b7-4+. The summed E-state index contributed by atoms with van der Waals surface area (Å²) < 4.78 is 0. The lowest BCUT2D eigenvalue weighted by molar-refractivity contribution is -0.131. The van der Waals surface area contributed by atoms with Gasteiger partial charge in [0.2, 0.25) is 0 Å². The molecular weight excluding hydrogens is 192 g/mol. The Labute approximate surface area is 90.9 Å². The molecule has 1 heterocycles. The van der Waals surface area contributed by atoms with Gasteiger partial charge in [0.05, 0.1) is 0 Å². The number of nitrogens with zero attached hydrogens (tertiary/aromatic N) is 1. The van der Waals surface area contributed by atoms with Crippen molar-refractivity contribution in [3.63, 3.8) is 0 Å². The van der Waals surface area contributed by atoms with E-state index in [1.165, 1.54) is 25.3 Å². The number of hydrogen-bond donors (Lipinski definition) is 2. The minimum absolute atomic E-state index is 0.534. The molecule has 2 unspecified atom stereocenters. The second-order valence-electron chi connectivity index (χ2n) is 4.14. The van der Waals surface area contributed by atoms with Crippen LogP contribution in [0.3, 0.4) is 0 Å². The highest BCUT2D eigenvalue weighted by molar-refractivity contribution is 5.79. The van der Waals surface area contributed by atoms with Crippen molar-refractivity contribution < 1.29 is 9.90 Å². The van der Waals surface area contributed by atoms with E-state index in [0.717, 1.165) is 0 Å². The first kappa shape index (κ1) is 12.2. The first-order valence-corrected chi connectivity index (χ1v) is 5.52. The molecule has 4 heteroatoms. The van der Waals surface area contributed by atoms with Crippen molar-refractivity contribution in [1.82, 2.24) is 10.4 Å². The lowest BCUT2D eigenvalue weighted by Crippen LogP contribution is -2.52. The highest BCUT2D eigenvalue weighted by atomic mass is 16.4. The first-order chi connectivity index (χ1) is 7.11. The summed E-state index contributed by atoms with van der Waals surface area (Å²) in [5, 5.41) is 10.7. The zero-order valence-corrected chi connectivity index (χ0v) is 9.44. The number of carboxylic acids is 1. The molecule has 86 valence electrons. The van der Waals surface area contributed by atoms with Gasteiger partial charge in [-0.3, -0.25) is 5.43 Å². The molecule has 15 heavy (non-hydrogen) atoms. The van der Waals surface area contributed by atoms with Crippen molar-refractivity contribution in [1.29, 1.82) is 0 Å². The average Bonchev–Trinajstić information content (AvgIpc) is 2.15. The molecule has 0 aromatic rings. The Kier molecular flexibility index (Phi) is 4.78. The number of hydrogen-bond acceptors (Lipinski definition) is 3. The second-order valence-corrected chi connectivity index (χ2v) is 4.14. The summed E-state index contributed by atoms with van der Waals surface area (Å²) in [6.07, 6.45) is 6.51. The van der Waals surface area contributed by atoms with Crippen LogP contribution in [0.2, 0.25) is 0 Å². The molecule has 0 bridgehead atoms. The summed E-state index contributed by atoms with van der Waals surface area (Å²) in [6.45, 7) is 4.98. The molecule has 1 rings (SSSR count). The zero-order valence-electron chi connectivity index (χ0n) is 9.44. The summed E-state index contributed by atoms with van der Waals surface area (Å²) in [6, 6.07) is 1.07. The van der Waals surface area contributed by atoms with Crippen LogP contribution in [-0.4, -0.2) is 34.7 Å². The van der Waals surface area contributed by atoms with E-state index in [9.17, 15) is 4.79 Å². The molecule has 1 aliphatic rings. The van der Waals surface area contributed by atoms with Crippen LogP contribution in [0.25, 0.3) is 0 Å². The van der Waals surface area contributed by atoms with E-state index in [0.29, 0.717) is 18.6 Å². The number of rotatable bonds is 4. The van der Waals surface area contributed by atoms with Gasteiger partial charge < -0.3 is 5.11 Å². The maximum Gasteiger partial charge on any atom is 0.328 e. The fraction of sp³-hybridized carbons (Fsp3) is 0.727. The van der Waals surface area contributed by atoms with E-state index in [-0.39, 0.29) is 0 Å². The van der Waals surface area contributed by atoms with Crippen LogP contribution in [0.15, 0.2) is 12.2 Å². The van der Waals surface area contributed by atoms with Crippen LogP contribution in [0, 0.1) is 0 Å². The van der Waals surface area contributed by atoms with Gasteiger partial charge in [-0.25, -0.2) is 9.80 Å². The summed E-state index contributed by atoms with van der Waals surface area (Å²) in [5.41, 5.74) is 3.26. The third kappa shape index (κ3) is 4.01. The Morgan fingerprint density at radius 3 is 2.60 bits per heavy atom. The Balaban J connectivity index is 2.32. The monoisotopic (exact) mass is 212 g/mol. The predicted octanol–water partition coefficient (Wildman–Crippen LogP) is 1.39. The highest BCUT2D eigenvalue weighted by Crippen LogP contribution is 2.19. The molecule has 1 aliphatic heterocycles. The minimum Gasteiger partial charge on any atom is -0.478 e. The summed E-state index contributed by atoms with van der Waals surface area (Å²) in [5.74, 6) is -0.892. The fourth-order valence-corrected chi connectivity index (χ4v) is 2.05. The van der Waals surface area contributed by atoms with Gasteiger partial charge in [0, 0.05) is 24.7 Å². The highest BCUT2D eigenvalue weighted by Gasteiger charge is 2.23. The molecule has 2 N–H and O–H groups in total. The lowest BCUT2D eigenvalue weighted by Gasteiger charge is -2.38. The fourth-order valence-electron chi connectivity index (χ4n) is 2.05.